The highest BCUT2D eigenvalue weighted by Gasteiger charge is 2.30. The van der Waals surface area contributed by atoms with Crippen LogP contribution in [0.1, 0.15) is 25.3 Å². The third-order valence-corrected chi connectivity index (χ3v) is 8.97. The maximum absolute atomic E-state index is 13.1. The van der Waals surface area contributed by atoms with Gasteiger partial charge in [-0.05, 0) is 74.2 Å². The average molecular weight is 547 g/mol. The summed E-state index contributed by atoms with van der Waals surface area (Å²) in [5.74, 6) is 0.00819. The number of sulfonamides is 1. The summed E-state index contributed by atoms with van der Waals surface area (Å²) >= 11 is 7.14. The van der Waals surface area contributed by atoms with Crippen molar-refractivity contribution in [3.8, 4) is 0 Å². The molecule has 3 heterocycles. The van der Waals surface area contributed by atoms with Crippen LogP contribution in [-0.4, -0.2) is 55.4 Å². The molecule has 0 radical (unpaired) electrons. The number of nitrogens with one attached hydrogen (secondary N) is 2. The molecule has 2 aliphatic heterocycles. The lowest BCUT2D eigenvalue weighted by Crippen LogP contribution is -2.50. The lowest BCUT2D eigenvalue weighted by atomic mass is 10.00. The largest absolute Gasteiger partial charge is 0.369 e. The molecular weight excluding hydrogens is 520 g/mol. The second kappa shape index (κ2) is 10.2. The Bertz CT molecular complexity index is 1330. The van der Waals surface area contributed by atoms with Gasteiger partial charge in [-0.3, -0.25) is 9.52 Å². The molecule has 1 saturated heterocycles. The molecule has 1 amide bonds. The number of amides is 1. The van der Waals surface area contributed by atoms with Crippen molar-refractivity contribution in [2.45, 2.75) is 43.2 Å². The van der Waals surface area contributed by atoms with Crippen LogP contribution in [-0.2, 0) is 21.2 Å². The predicted octanol–water partition coefficient (Wildman–Crippen LogP) is 3.53. The normalized spacial score (nSPS) is 18.6. The zero-order valence-corrected chi connectivity index (χ0v) is 22.1. The SMILES string of the molecule is C[C@@H](C(=O)N[C@@H]1CCN(c2ccc(S(=O)(=O)Nc3ncns3)cc2)C1)N1CCCc2cc(Cl)ccc21. The lowest BCUT2D eigenvalue weighted by Gasteiger charge is -2.36. The van der Waals surface area contributed by atoms with E-state index in [-0.39, 0.29) is 28.0 Å². The summed E-state index contributed by atoms with van der Waals surface area (Å²) in [7, 11) is -3.72. The predicted molar refractivity (Wildman–Crippen MR) is 143 cm³/mol. The van der Waals surface area contributed by atoms with Gasteiger partial charge >= 0.3 is 0 Å². The van der Waals surface area contributed by atoms with Gasteiger partial charge in [-0.2, -0.15) is 4.37 Å². The molecular formula is C24H27ClN6O3S2. The van der Waals surface area contributed by atoms with Crippen molar-refractivity contribution in [1.82, 2.24) is 14.7 Å². The van der Waals surface area contributed by atoms with Crippen molar-refractivity contribution >= 4 is 55.6 Å². The summed E-state index contributed by atoms with van der Waals surface area (Å²) < 4.78 is 31.3. The first-order valence-corrected chi connectivity index (χ1v) is 14.4. The van der Waals surface area contributed by atoms with Gasteiger partial charge in [0.25, 0.3) is 10.0 Å². The molecule has 0 spiro atoms. The van der Waals surface area contributed by atoms with Crippen LogP contribution in [0.2, 0.25) is 5.02 Å². The van der Waals surface area contributed by atoms with Gasteiger partial charge in [0.2, 0.25) is 11.0 Å². The van der Waals surface area contributed by atoms with Gasteiger partial charge in [-0.25, -0.2) is 13.4 Å². The van der Waals surface area contributed by atoms with Crippen LogP contribution in [0.5, 0.6) is 0 Å². The zero-order chi connectivity index (χ0) is 25.3. The number of anilines is 3. The van der Waals surface area contributed by atoms with E-state index >= 15 is 0 Å². The van der Waals surface area contributed by atoms with Crippen LogP contribution in [0.3, 0.4) is 0 Å². The number of aryl methyl sites for hydroxylation is 1. The number of carbonyl (C=O) groups excluding carboxylic acids is 1. The fraction of sp³-hybridized carbons (Fsp3) is 0.375. The molecule has 0 unspecified atom stereocenters. The lowest BCUT2D eigenvalue weighted by molar-refractivity contribution is -0.122. The van der Waals surface area contributed by atoms with Crippen LogP contribution in [0.25, 0.3) is 0 Å². The fourth-order valence-corrected chi connectivity index (χ4v) is 6.66. The fourth-order valence-electron chi connectivity index (χ4n) is 4.80. The number of rotatable bonds is 7. The highest BCUT2D eigenvalue weighted by molar-refractivity contribution is 7.93. The minimum atomic E-state index is -3.72. The number of halogens is 1. The standard InChI is InChI=1S/C24H27ClN6O3S2/c1-16(31-11-2-3-17-13-18(25)4-9-22(17)31)23(32)28-19-10-12-30(14-19)20-5-7-21(8-6-20)36(33,34)29-24-26-15-27-35-24/h4-9,13,15-16,19H,2-3,10-12,14H2,1H3,(H,28,32)(H,26,27,29)/t16-,19+/m0/s1. The van der Waals surface area contributed by atoms with Crippen molar-refractivity contribution in [3.63, 3.8) is 0 Å². The number of benzene rings is 2. The van der Waals surface area contributed by atoms with Crippen LogP contribution in [0.4, 0.5) is 16.5 Å². The number of carbonyl (C=O) groups is 1. The summed E-state index contributed by atoms with van der Waals surface area (Å²) in [5.41, 5.74) is 3.18. The van der Waals surface area contributed by atoms with Gasteiger partial charge in [0.15, 0.2) is 0 Å². The third kappa shape index (κ3) is 5.28. The summed E-state index contributed by atoms with van der Waals surface area (Å²) in [4.78, 5) is 21.5. The Balaban J connectivity index is 1.19. The quantitative estimate of drug-likeness (QED) is 0.467. The van der Waals surface area contributed by atoms with Crippen LogP contribution < -0.4 is 19.8 Å². The van der Waals surface area contributed by atoms with Gasteiger partial charge in [-0.1, -0.05) is 11.6 Å². The number of hydrogen-bond donors (Lipinski definition) is 2. The molecule has 190 valence electrons. The molecule has 0 bridgehead atoms. The monoisotopic (exact) mass is 546 g/mol. The number of nitrogens with zero attached hydrogens (tertiary/aromatic N) is 4. The van der Waals surface area contributed by atoms with E-state index in [1.807, 2.05) is 25.1 Å². The first-order chi connectivity index (χ1) is 17.3. The summed E-state index contributed by atoms with van der Waals surface area (Å²) in [6.07, 6.45) is 4.08. The van der Waals surface area contributed by atoms with Crippen molar-refractivity contribution in [2.24, 2.45) is 0 Å². The maximum atomic E-state index is 13.1. The summed E-state index contributed by atoms with van der Waals surface area (Å²) in [6, 6.07) is 12.3. The van der Waals surface area contributed by atoms with Gasteiger partial charge < -0.3 is 15.1 Å². The van der Waals surface area contributed by atoms with Gasteiger partial charge in [0.05, 0.1) is 4.90 Å². The second-order valence-electron chi connectivity index (χ2n) is 9.03. The zero-order valence-electron chi connectivity index (χ0n) is 19.7. The van der Waals surface area contributed by atoms with Crippen molar-refractivity contribution in [3.05, 3.63) is 59.4 Å². The van der Waals surface area contributed by atoms with E-state index in [0.29, 0.717) is 6.54 Å². The van der Waals surface area contributed by atoms with E-state index < -0.39 is 10.0 Å². The van der Waals surface area contributed by atoms with E-state index in [2.05, 4.69) is 29.2 Å². The molecule has 12 heteroatoms. The Morgan fingerprint density at radius 3 is 2.75 bits per heavy atom. The highest BCUT2D eigenvalue weighted by Crippen LogP contribution is 2.31. The topological polar surface area (TPSA) is 108 Å². The Morgan fingerprint density at radius 2 is 2.00 bits per heavy atom. The molecule has 2 aromatic carbocycles. The molecule has 2 N–H and O–H groups in total. The molecule has 2 aliphatic rings. The molecule has 1 aromatic heterocycles. The Labute approximate surface area is 219 Å². The second-order valence-corrected chi connectivity index (χ2v) is 11.9. The molecule has 3 aromatic rings. The molecule has 9 nitrogen and oxygen atoms in total. The van der Waals surface area contributed by atoms with Crippen LogP contribution in [0.15, 0.2) is 53.7 Å². The Kier molecular flexibility index (Phi) is 7.05. The van der Waals surface area contributed by atoms with Gasteiger partial charge in [0, 0.05) is 53.6 Å². The first kappa shape index (κ1) is 24.8. The summed E-state index contributed by atoms with van der Waals surface area (Å²) in [6.45, 7) is 4.23. The molecule has 1 fully saturated rings. The highest BCUT2D eigenvalue weighted by atomic mass is 35.5. The van der Waals surface area contributed by atoms with E-state index in [0.717, 1.165) is 60.3 Å². The first-order valence-electron chi connectivity index (χ1n) is 11.8. The minimum absolute atomic E-state index is 0.00819. The van der Waals surface area contributed by atoms with E-state index in [4.69, 9.17) is 11.6 Å². The third-order valence-electron chi connectivity index (χ3n) is 6.67. The van der Waals surface area contributed by atoms with Gasteiger partial charge in [-0.15, -0.1) is 0 Å². The number of fused-ring (bicyclic) bond motifs is 1. The molecule has 5 rings (SSSR count). The smallest absolute Gasteiger partial charge is 0.263 e. The van der Waals surface area contributed by atoms with Crippen molar-refractivity contribution in [2.75, 3.05) is 34.2 Å². The van der Waals surface area contributed by atoms with Crippen molar-refractivity contribution in [1.29, 1.82) is 0 Å². The van der Waals surface area contributed by atoms with Crippen molar-refractivity contribution < 1.29 is 13.2 Å². The number of hydrogen-bond acceptors (Lipinski definition) is 8. The average Bonchev–Trinajstić information content (AvgIpc) is 3.55. The molecule has 36 heavy (non-hydrogen) atoms. The summed E-state index contributed by atoms with van der Waals surface area (Å²) in [5, 5.41) is 4.16. The van der Waals surface area contributed by atoms with Gasteiger partial charge in [0.1, 0.15) is 12.4 Å². The molecule has 2 atom stereocenters. The van der Waals surface area contributed by atoms with Crippen LogP contribution >= 0.6 is 23.1 Å². The molecule has 0 aliphatic carbocycles. The van der Waals surface area contributed by atoms with Crippen LogP contribution in [0, 0.1) is 0 Å². The van der Waals surface area contributed by atoms with E-state index in [1.165, 1.54) is 11.9 Å². The maximum Gasteiger partial charge on any atom is 0.263 e. The Morgan fingerprint density at radius 1 is 1.19 bits per heavy atom. The minimum Gasteiger partial charge on any atom is -0.369 e. The molecule has 0 saturated carbocycles. The van der Waals surface area contributed by atoms with E-state index in [9.17, 15) is 13.2 Å². The Hall–Kier alpha value is -2.89. The van der Waals surface area contributed by atoms with E-state index in [1.54, 1.807) is 24.3 Å². The number of aromatic nitrogens is 2.